The molecular formula is C66H41B3N4O2. The zero-order valence-corrected chi connectivity index (χ0v) is 40.5. The smallest absolute Gasteiger partial charge is 0.256 e. The molecule has 9 heteroatoms. The molecule has 6 heterocycles. The van der Waals surface area contributed by atoms with Crippen LogP contribution in [0.5, 0.6) is 23.0 Å². The lowest BCUT2D eigenvalue weighted by Gasteiger charge is -2.49. The van der Waals surface area contributed by atoms with Crippen LogP contribution in [0.4, 0.5) is 68.2 Å². The van der Waals surface area contributed by atoms with Crippen LogP contribution in [0.2, 0.25) is 0 Å². The molecule has 11 aromatic carbocycles. The van der Waals surface area contributed by atoms with Gasteiger partial charge in [-0.2, -0.15) is 0 Å². The fraction of sp³-hybridized carbons (Fsp3) is 0. The molecule has 0 aliphatic carbocycles. The first kappa shape index (κ1) is 40.9. The minimum atomic E-state index is -0.138. The number of para-hydroxylation sites is 8. The quantitative estimate of drug-likeness (QED) is 0.160. The number of ether oxygens (including phenoxy) is 2. The summed E-state index contributed by atoms with van der Waals surface area (Å²) in [4.78, 5) is 9.91. The molecule has 346 valence electrons. The fourth-order valence-corrected chi connectivity index (χ4v) is 13.6. The average molecular weight is 955 g/mol. The minimum absolute atomic E-state index is 0.00333. The summed E-state index contributed by atoms with van der Waals surface area (Å²) in [5.74, 6) is 3.52. The second-order valence-corrected chi connectivity index (χ2v) is 20.3. The molecule has 0 fully saturated rings. The molecular weight excluding hydrogens is 913 g/mol. The second-order valence-electron chi connectivity index (χ2n) is 20.3. The predicted octanol–water partition coefficient (Wildman–Crippen LogP) is 10.6. The summed E-state index contributed by atoms with van der Waals surface area (Å²) in [6.45, 7) is -0.248. The molecule has 6 aliphatic heterocycles. The van der Waals surface area contributed by atoms with Crippen molar-refractivity contribution in [3.05, 3.63) is 249 Å². The van der Waals surface area contributed by atoms with E-state index in [-0.39, 0.29) is 20.1 Å². The van der Waals surface area contributed by atoms with Gasteiger partial charge in [-0.3, -0.25) is 0 Å². The second kappa shape index (κ2) is 15.5. The van der Waals surface area contributed by atoms with E-state index < -0.39 is 0 Å². The van der Waals surface area contributed by atoms with Crippen molar-refractivity contribution >= 4 is 138 Å². The molecule has 11 aromatic rings. The topological polar surface area (TPSA) is 31.4 Å². The van der Waals surface area contributed by atoms with E-state index in [1.807, 2.05) is 0 Å². The number of benzene rings is 11. The first-order valence-electron chi connectivity index (χ1n) is 25.9. The van der Waals surface area contributed by atoms with Crippen molar-refractivity contribution in [2.75, 3.05) is 19.6 Å². The normalized spacial score (nSPS) is 13.9. The van der Waals surface area contributed by atoms with Gasteiger partial charge in [0.05, 0.1) is 5.69 Å². The van der Waals surface area contributed by atoms with Gasteiger partial charge in [-0.05, 0) is 134 Å². The van der Waals surface area contributed by atoms with Gasteiger partial charge in [0.25, 0.3) is 20.1 Å². The number of nitrogens with zero attached hydrogens (tertiary/aromatic N) is 4. The molecule has 0 unspecified atom stereocenters. The maximum absolute atomic E-state index is 7.19. The maximum atomic E-state index is 7.19. The number of fused-ring (bicyclic) bond motifs is 14. The van der Waals surface area contributed by atoms with E-state index >= 15 is 0 Å². The number of rotatable bonds is 5. The zero-order valence-electron chi connectivity index (χ0n) is 40.5. The largest absolute Gasteiger partial charge is 0.458 e. The molecule has 0 spiro atoms. The van der Waals surface area contributed by atoms with Crippen LogP contribution in [0.1, 0.15) is 0 Å². The number of hydrogen-bond donors (Lipinski definition) is 0. The predicted molar refractivity (Wildman–Crippen MR) is 312 cm³/mol. The van der Waals surface area contributed by atoms with Crippen LogP contribution >= 0.6 is 0 Å². The summed E-state index contributed by atoms with van der Waals surface area (Å²) >= 11 is 0. The van der Waals surface area contributed by atoms with Gasteiger partial charge >= 0.3 is 0 Å². The Labute approximate surface area is 436 Å². The summed E-state index contributed by atoms with van der Waals surface area (Å²) in [6.07, 6.45) is 0. The highest BCUT2D eigenvalue weighted by molar-refractivity contribution is 7.05. The Kier molecular flexibility index (Phi) is 8.44. The molecule has 75 heavy (non-hydrogen) atoms. The highest BCUT2D eigenvalue weighted by Gasteiger charge is 2.52. The van der Waals surface area contributed by atoms with Gasteiger partial charge in [0.1, 0.15) is 23.0 Å². The lowest BCUT2D eigenvalue weighted by molar-refractivity contribution is 0.487. The summed E-state index contributed by atoms with van der Waals surface area (Å²) in [6, 6.07) is 90.7. The van der Waals surface area contributed by atoms with E-state index in [4.69, 9.17) is 9.47 Å². The van der Waals surface area contributed by atoms with Crippen molar-refractivity contribution < 1.29 is 9.47 Å². The minimum Gasteiger partial charge on any atom is -0.458 e. The monoisotopic (exact) mass is 954 g/mol. The zero-order chi connectivity index (χ0) is 48.9. The first-order valence-corrected chi connectivity index (χ1v) is 25.9. The van der Waals surface area contributed by atoms with Crippen LogP contribution in [0.15, 0.2) is 249 Å². The summed E-state index contributed by atoms with van der Waals surface area (Å²) < 4.78 is 14.4. The highest BCUT2D eigenvalue weighted by atomic mass is 16.5. The fourth-order valence-electron chi connectivity index (χ4n) is 13.6. The molecule has 0 saturated carbocycles. The molecule has 0 atom stereocenters. The van der Waals surface area contributed by atoms with E-state index in [0.29, 0.717) is 0 Å². The van der Waals surface area contributed by atoms with Crippen LogP contribution in [-0.4, -0.2) is 20.1 Å². The lowest BCUT2D eigenvalue weighted by Crippen LogP contribution is -2.68. The Bertz CT molecular complexity index is 4160. The maximum Gasteiger partial charge on any atom is 0.256 e. The van der Waals surface area contributed by atoms with Gasteiger partial charge in [-0.1, -0.05) is 152 Å². The van der Waals surface area contributed by atoms with Crippen LogP contribution in [0, 0.1) is 0 Å². The summed E-state index contributed by atoms with van der Waals surface area (Å²) in [7, 11) is 0. The molecule has 0 aromatic heterocycles. The molecule has 0 N–H and O–H groups in total. The van der Waals surface area contributed by atoms with Gasteiger partial charge in [0, 0.05) is 74.7 Å². The molecule has 0 amide bonds. The summed E-state index contributed by atoms with van der Waals surface area (Å²) in [5.41, 5.74) is 24.4. The van der Waals surface area contributed by atoms with E-state index in [2.05, 4.69) is 268 Å². The Morgan fingerprint density at radius 2 is 0.693 bits per heavy atom. The van der Waals surface area contributed by atoms with E-state index in [1.165, 1.54) is 55.3 Å². The SMILES string of the molecule is c1ccc(N(c2ccccc2)c2cc3c4c(c2)N(c2ccccc2)c2cc5c(cc2B4c2ccccc2O3)B2c3ccccc3N3c4ccccc4B4c6ccccc6Oc6cc(c2c3c64)N5c2ccccc2)cc1. The Balaban J connectivity index is 0.981. The van der Waals surface area contributed by atoms with E-state index in [0.717, 1.165) is 85.1 Å². The number of anilines is 12. The Hall–Kier alpha value is -9.59. The van der Waals surface area contributed by atoms with Crippen molar-refractivity contribution in [2.45, 2.75) is 0 Å². The van der Waals surface area contributed by atoms with Crippen LogP contribution in [0.25, 0.3) is 0 Å². The van der Waals surface area contributed by atoms with Gasteiger partial charge < -0.3 is 29.1 Å². The third-order valence-corrected chi connectivity index (χ3v) is 16.5. The highest BCUT2D eigenvalue weighted by Crippen LogP contribution is 2.51. The van der Waals surface area contributed by atoms with Crippen molar-refractivity contribution in [3.63, 3.8) is 0 Å². The van der Waals surface area contributed by atoms with Crippen LogP contribution in [-0.2, 0) is 0 Å². The van der Waals surface area contributed by atoms with Crippen LogP contribution in [0.3, 0.4) is 0 Å². The molecule has 6 nitrogen and oxygen atoms in total. The van der Waals surface area contributed by atoms with Gasteiger partial charge in [0.15, 0.2) is 0 Å². The van der Waals surface area contributed by atoms with Crippen LogP contribution < -0.4 is 78.2 Å². The van der Waals surface area contributed by atoms with Crippen molar-refractivity contribution in [2.24, 2.45) is 0 Å². The van der Waals surface area contributed by atoms with Gasteiger partial charge in [0.2, 0.25) is 0 Å². The van der Waals surface area contributed by atoms with Gasteiger partial charge in [-0.25, -0.2) is 0 Å². The third kappa shape index (κ3) is 5.67. The summed E-state index contributed by atoms with van der Waals surface area (Å²) in [5, 5.41) is 0. The van der Waals surface area contributed by atoms with Crippen molar-refractivity contribution in [3.8, 4) is 23.0 Å². The van der Waals surface area contributed by atoms with E-state index in [1.54, 1.807) is 0 Å². The standard InChI is InChI=1S/C66H41B3N4O2/c1-5-21-42(22-6-1)70(43-23-7-2-8-24-43)46-37-57-63-61(38-46)74-60-36-20-16-32-50(60)69(63)52-39-51-55(40-56(52)71(57)44-25-9-3-10-26-44)72(45-27-11-4-12-28-45)58-41-62-65-66-64(58)68(51)48-30-14-18-34-54(48)73(66)53-33-17-13-29-47(53)67(65)49-31-15-19-35-59(49)75-62/h1-41H. The molecule has 17 rings (SSSR count). The Morgan fingerprint density at radius 1 is 0.267 bits per heavy atom. The molecule has 0 bridgehead atoms. The first-order chi connectivity index (χ1) is 37.2. The van der Waals surface area contributed by atoms with Crippen molar-refractivity contribution in [1.82, 2.24) is 0 Å². The van der Waals surface area contributed by atoms with Crippen molar-refractivity contribution in [1.29, 1.82) is 0 Å². The molecule has 6 aliphatic rings. The Morgan fingerprint density at radius 3 is 1.24 bits per heavy atom. The third-order valence-electron chi connectivity index (χ3n) is 16.5. The van der Waals surface area contributed by atoms with E-state index in [9.17, 15) is 0 Å². The average Bonchev–Trinajstić information content (AvgIpc) is 3.60. The van der Waals surface area contributed by atoms with Gasteiger partial charge in [-0.15, -0.1) is 0 Å². The molecule has 0 radical (unpaired) electrons. The lowest BCUT2D eigenvalue weighted by atomic mass is 9.28. The number of hydrogen-bond acceptors (Lipinski definition) is 6. The molecule has 0 saturated heterocycles.